The number of aliphatic hydroxyl groups is 1. The molecule has 0 amide bonds. The van der Waals surface area contributed by atoms with E-state index in [1.807, 2.05) is 73.1 Å². The van der Waals surface area contributed by atoms with Crippen molar-refractivity contribution in [3.05, 3.63) is 121 Å². The van der Waals surface area contributed by atoms with Crippen molar-refractivity contribution in [2.75, 3.05) is 26.2 Å². The van der Waals surface area contributed by atoms with E-state index < -0.39 is 17.7 Å². The van der Waals surface area contributed by atoms with Gasteiger partial charge in [0.05, 0.1) is 6.61 Å². The first-order valence-electron chi connectivity index (χ1n) is 14.2. The van der Waals surface area contributed by atoms with Crippen LogP contribution in [-0.2, 0) is 10.4 Å². The van der Waals surface area contributed by atoms with Gasteiger partial charge in [-0.15, -0.1) is 0 Å². The SMILES string of the molecule is O=C(O)C(F)(F)F.OC(c1ccccc1)(c1ccccc1)C1CCN(CCCOc2ccc(-c3ccncc3)cc2)CC1. The molecule has 0 unspecified atom stereocenters. The highest BCUT2D eigenvalue weighted by Crippen LogP contribution is 2.41. The molecule has 1 fully saturated rings. The quantitative estimate of drug-likeness (QED) is 0.208. The smallest absolute Gasteiger partial charge is 0.490 e. The van der Waals surface area contributed by atoms with Gasteiger partial charge in [0.2, 0.25) is 0 Å². The van der Waals surface area contributed by atoms with Gasteiger partial charge in [0.15, 0.2) is 0 Å². The number of carbonyl (C=O) groups is 1. The molecule has 0 aliphatic carbocycles. The van der Waals surface area contributed by atoms with Gasteiger partial charge < -0.3 is 19.8 Å². The number of carboxylic acids is 1. The Morgan fingerprint density at radius 1 is 0.814 bits per heavy atom. The van der Waals surface area contributed by atoms with Gasteiger partial charge in [0.1, 0.15) is 11.4 Å². The second-order valence-electron chi connectivity index (χ2n) is 10.4. The zero-order chi connectivity index (χ0) is 30.7. The number of aliphatic carboxylic acids is 1. The molecule has 1 aliphatic rings. The first kappa shape index (κ1) is 31.7. The van der Waals surface area contributed by atoms with Gasteiger partial charge in [-0.3, -0.25) is 4.98 Å². The van der Waals surface area contributed by atoms with Gasteiger partial charge in [-0.05, 0) is 84.8 Å². The number of carboxylic acid groups (broad SMARTS) is 1. The molecule has 9 heteroatoms. The van der Waals surface area contributed by atoms with Crippen LogP contribution in [0.15, 0.2) is 109 Å². The predicted octanol–water partition coefficient (Wildman–Crippen LogP) is 6.80. The lowest BCUT2D eigenvalue weighted by Crippen LogP contribution is -2.44. The molecule has 1 aromatic heterocycles. The zero-order valence-electron chi connectivity index (χ0n) is 23.7. The summed E-state index contributed by atoms with van der Waals surface area (Å²) in [5, 5.41) is 19.2. The summed E-state index contributed by atoms with van der Waals surface area (Å²) in [6.45, 7) is 3.70. The fraction of sp³-hybridized carbons (Fsp3) is 0.294. The van der Waals surface area contributed by atoms with Gasteiger partial charge in [0, 0.05) is 18.9 Å². The molecule has 2 N–H and O–H groups in total. The van der Waals surface area contributed by atoms with Crippen molar-refractivity contribution >= 4 is 5.97 Å². The van der Waals surface area contributed by atoms with E-state index in [1.165, 1.54) is 5.56 Å². The average Bonchev–Trinajstić information content (AvgIpc) is 3.04. The number of hydrogen-bond acceptors (Lipinski definition) is 5. The number of aromatic nitrogens is 1. The Morgan fingerprint density at radius 2 is 1.30 bits per heavy atom. The minimum Gasteiger partial charge on any atom is -0.494 e. The minimum atomic E-state index is -5.08. The fourth-order valence-corrected chi connectivity index (χ4v) is 5.36. The molecule has 1 aliphatic heterocycles. The van der Waals surface area contributed by atoms with E-state index >= 15 is 0 Å². The Balaban J connectivity index is 0.000000541. The van der Waals surface area contributed by atoms with Crippen LogP contribution in [0.4, 0.5) is 13.2 Å². The number of ether oxygens (including phenoxy) is 1. The highest BCUT2D eigenvalue weighted by Gasteiger charge is 2.41. The van der Waals surface area contributed by atoms with Crippen LogP contribution in [-0.4, -0.2) is 58.5 Å². The van der Waals surface area contributed by atoms with Crippen LogP contribution in [0.5, 0.6) is 5.75 Å². The van der Waals surface area contributed by atoms with E-state index in [2.05, 4.69) is 46.3 Å². The largest absolute Gasteiger partial charge is 0.494 e. The van der Waals surface area contributed by atoms with Gasteiger partial charge in [-0.2, -0.15) is 13.2 Å². The summed E-state index contributed by atoms with van der Waals surface area (Å²) in [6, 6.07) is 32.6. The third-order valence-electron chi connectivity index (χ3n) is 7.60. The molecule has 5 rings (SSSR count). The first-order valence-corrected chi connectivity index (χ1v) is 14.2. The maximum Gasteiger partial charge on any atom is 0.490 e. The summed E-state index contributed by atoms with van der Waals surface area (Å²) in [6.07, 6.45) is 1.46. The van der Waals surface area contributed by atoms with Gasteiger partial charge in [-0.25, -0.2) is 4.79 Å². The number of likely N-dealkylation sites (tertiary alicyclic amines) is 1. The number of pyridine rings is 1. The molecule has 3 aromatic carbocycles. The molecule has 0 spiro atoms. The summed E-state index contributed by atoms with van der Waals surface area (Å²) in [4.78, 5) is 15.5. The molecule has 0 bridgehead atoms. The monoisotopic (exact) mass is 592 g/mol. The zero-order valence-corrected chi connectivity index (χ0v) is 23.7. The summed E-state index contributed by atoms with van der Waals surface area (Å²) >= 11 is 0. The summed E-state index contributed by atoms with van der Waals surface area (Å²) < 4.78 is 37.7. The third-order valence-corrected chi connectivity index (χ3v) is 7.60. The molecule has 0 radical (unpaired) electrons. The number of alkyl halides is 3. The van der Waals surface area contributed by atoms with Crippen LogP contribution in [0.25, 0.3) is 11.1 Å². The molecule has 2 heterocycles. The van der Waals surface area contributed by atoms with Crippen molar-refractivity contribution in [1.82, 2.24) is 9.88 Å². The van der Waals surface area contributed by atoms with E-state index in [0.717, 1.165) is 61.3 Å². The Labute approximate surface area is 249 Å². The van der Waals surface area contributed by atoms with E-state index in [1.54, 1.807) is 0 Å². The summed E-state index contributed by atoms with van der Waals surface area (Å²) in [5.41, 5.74) is 3.33. The van der Waals surface area contributed by atoms with E-state index in [-0.39, 0.29) is 5.92 Å². The number of halogens is 3. The third kappa shape index (κ3) is 8.65. The van der Waals surface area contributed by atoms with Crippen LogP contribution < -0.4 is 4.74 Å². The number of benzene rings is 3. The fourth-order valence-electron chi connectivity index (χ4n) is 5.36. The number of rotatable bonds is 9. The van der Waals surface area contributed by atoms with Gasteiger partial charge >= 0.3 is 12.1 Å². The lowest BCUT2D eigenvalue weighted by atomic mass is 9.72. The number of hydrogen-bond donors (Lipinski definition) is 2. The molecule has 226 valence electrons. The van der Waals surface area contributed by atoms with Gasteiger partial charge in [-0.1, -0.05) is 72.8 Å². The maximum absolute atomic E-state index is 12.1. The molecule has 1 saturated heterocycles. The maximum atomic E-state index is 12.1. The molecule has 0 atom stereocenters. The van der Waals surface area contributed by atoms with Crippen LogP contribution in [0.3, 0.4) is 0 Å². The molecule has 43 heavy (non-hydrogen) atoms. The Kier molecular flexibility index (Phi) is 10.9. The van der Waals surface area contributed by atoms with E-state index in [9.17, 15) is 18.3 Å². The normalized spacial score (nSPS) is 14.4. The summed E-state index contributed by atoms with van der Waals surface area (Å²) in [7, 11) is 0. The predicted molar refractivity (Wildman–Crippen MR) is 159 cm³/mol. The highest BCUT2D eigenvalue weighted by molar-refractivity contribution is 5.73. The minimum absolute atomic E-state index is 0.189. The number of piperidine rings is 1. The van der Waals surface area contributed by atoms with Crippen molar-refractivity contribution in [1.29, 1.82) is 0 Å². The van der Waals surface area contributed by atoms with Crippen molar-refractivity contribution in [3.63, 3.8) is 0 Å². The van der Waals surface area contributed by atoms with Crippen molar-refractivity contribution in [2.24, 2.45) is 5.92 Å². The van der Waals surface area contributed by atoms with E-state index in [4.69, 9.17) is 14.6 Å². The topological polar surface area (TPSA) is 82.9 Å². The molecule has 0 saturated carbocycles. The highest BCUT2D eigenvalue weighted by atomic mass is 19.4. The Morgan fingerprint density at radius 3 is 1.79 bits per heavy atom. The summed E-state index contributed by atoms with van der Waals surface area (Å²) in [5.74, 6) is -1.66. The van der Waals surface area contributed by atoms with Crippen LogP contribution in [0.1, 0.15) is 30.4 Å². The second-order valence-corrected chi connectivity index (χ2v) is 10.4. The molecule has 6 nitrogen and oxygen atoms in total. The molecular weight excluding hydrogens is 557 g/mol. The Bertz CT molecular complexity index is 1360. The lowest BCUT2D eigenvalue weighted by molar-refractivity contribution is -0.192. The molecule has 4 aromatic rings. The van der Waals surface area contributed by atoms with Crippen LogP contribution in [0.2, 0.25) is 0 Å². The lowest BCUT2D eigenvalue weighted by Gasteiger charge is -2.42. The van der Waals surface area contributed by atoms with Crippen molar-refractivity contribution in [2.45, 2.75) is 31.0 Å². The molecular formula is C34H35F3N2O4. The average molecular weight is 593 g/mol. The van der Waals surface area contributed by atoms with E-state index in [0.29, 0.717) is 6.61 Å². The van der Waals surface area contributed by atoms with Crippen molar-refractivity contribution in [3.8, 4) is 16.9 Å². The van der Waals surface area contributed by atoms with Crippen LogP contribution in [0, 0.1) is 5.92 Å². The second kappa shape index (κ2) is 14.8. The number of nitrogens with zero attached hydrogens (tertiary/aromatic N) is 2. The first-order chi connectivity index (χ1) is 20.7. The standard InChI is InChI=1S/C32H34N2O2.C2HF3O2/c35-32(28-8-3-1-4-9-28,29-10-5-2-6-11-29)30-18-23-34(24-19-30)22-7-25-36-31-14-12-26(13-15-31)27-16-20-33-21-17-27;3-2(4,5)1(6)7/h1-6,8-17,20-21,30,35H,7,18-19,22-25H2;(H,6,7). The van der Waals surface area contributed by atoms with Crippen molar-refractivity contribution < 1.29 is 32.9 Å². The Hall–Kier alpha value is -4.21. The van der Waals surface area contributed by atoms with Crippen LogP contribution >= 0.6 is 0 Å². The van der Waals surface area contributed by atoms with Gasteiger partial charge in [0.25, 0.3) is 0 Å².